The molecular formula is C32H45FN8O12. The molecule has 1 rings (SSSR count). The van der Waals surface area contributed by atoms with Crippen molar-refractivity contribution in [3.8, 4) is 0 Å². The Labute approximate surface area is 303 Å². The highest BCUT2D eigenvalue weighted by atomic mass is 19.1. The van der Waals surface area contributed by atoms with Crippen molar-refractivity contribution in [1.82, 2.24) is 36.8 Å². The van der Waals surface area contributed by atoms with E-state index in [1.165, 1.54) is 25.2 Å². The fraction of sp³-hybridized carbons (Fsp3) is 0.500. The van der Waals surface area contributed by atoms with E-state index in [1.807, 2.05) is 12.2 Å². The van der Waals surface area contributed by atoms with Gasteiger partial charge in [-0.25, -0.2) is 4.39 Å². The Balaban J connectivity index is 2.75. The molecule has 0 heterocycles. The third-order valence-electron chi connectivity index (χ3n) is 7.20. The first kappa shape index (κ1) is 44.9. The van der Waals surface area contributed by atoms with Gasteiger partial charge in [0.15, 0.2) is 0 Å². The van der Waals surface area contributed by atoms with Gasteiger partial charge in [-0.3, -0.25) is 47.9 Å². The summed E-state index contributed by atoms with van der Waals surface area (Å²) in [5.74, 6) is -10.2. The van der Waals surface area contributed by atoms with E-state index in [0.29, 0.717) is 6.42 Å². The second-order valence-corrected chi connectivity index (χ2v) is 11.7. The fourth-order valence-corrected chi connectivity index (χ4v) is 4.44. The predicted molar refractivity (Wildman–Crippen MR) is 180 cm³/mol. The quantitative estimate of drug-likeness (QED) is 0.0500. The Kier molecular flexibility index (Phi) is 19.8. The number of amides is 8. The van der Waals surface area contributed by atoms with E-state index in [2.05, 4.69) is 26.6 Å². The Morgan fingerprint density at radius 3 is 1.89 bits per heavy atom. The lowest BCUT2D eigenvalue weighted by molar-refractivity contribution is -0.141. The Morgan fingerprint density at radius 1 is 0.736 bits per heavy atom. The van der Waals surface area contributed by atoms with Crippen LogP contribution in [-0.4, -0.2) is 126 Å². The molecule has 1 unspecified atom stereocenters. The summed E-state index contributed by atoms with van der Waals surface area (Å²) >= 11 is 0. The van der Waals surface area contributed by atoms with E-state index in [0.717, 1.165) is 17.4 Å². The first-order chi connectivity index (χ1) is 24.9. The van der Waals surface area contributed by atoms with Crippen LogP contribution in [0.1, 0.15) is 51.0 Å². The second kappa shape index (κ2) is 23.3. The molecule has 21 heteroatoms. The van der Waals surface area contributed by atoms with Gasteiger partial charge in [0.2, 0.25) is 47.3 Å². The summed E-state index contributed by atoms with van der Waals surface area (Å²) in [6.07, 6.45) is -0.451. The van der Waals surface area contributed by atoms with Crippen LogP contribution in [0.25, 0.3) is 0 Å². The number of benzene rings is 1. The molecule has 0 bridgehead atoms. The van der Waals surface area contributed by atoms with Gasteiger partial charge in [-0.2, -0.15) is 0 Å². The zero-order valence-electron chi connectivity index (χ0n) is 29.2. The fourth-order valence-electron chi connectivity index (χ4n) is 4.44. The molecule has 3 atom stereocenters. The van der Waals surface area contributed by atoms with Crippen molar-refractivity contribution >= 4 is 59.2 Å². The molecular weight excluding hydrogens is 707 g/mol. The number of nitrogens with two attached hydrogens (primary N) is 1. The number of likely N-dealkylation sites (N-methyl/N-ethyl adjacent to an activating group) is 1. The van der Waals surface area contributed by atoms with Crippen molar-refractivity contribution in [2.45, 2.75) is 70.0 Å². The Bertz CT molecular complexity index is 1520. The van der Waals surface area contributed by atoms with Crippen molar-refractivity contribution in [2.75, 3.05) is 33.2 Å². The topological polar surface area (TPSA) is 313 Å². The number of rotatable bonds is 24. The number of primary amides is 1. The van der Waals surface area contributed by atoms with E-state index in [9.17, 15) is 52.3 Å². The molecule has 1 aromatic carbocycles. The third kappa shape index (κ3) is 18.6. The van der Waals surface area contributed by atoms with Crippen molar-refractivity contribution in [2.24, 2.45) is 5.73 Å². The van der Waals surface area contributed by atoms with E-state index in [4.69, 9.17) is 15.9 Å². The maximum Gasteiger partial charge on any atom is 0.305 e. The van der Waals surface area contributed by atoms with Crippen LogP contribution in [0.15, 0.2) is 24.3 Å². The van der Waals surface area contributed by atoms with Gasteiger partial charge in [0.1, 0.15) is 23.9 Å². The first-order valence-corrected chi connectivity index (χ1v) is 16.3. The maximum absolute atomic E-state index is 14.4. The molecule has 0 radical (unpaired) electrons. The number of halogens is 1. The molecule has 0 aromatic heterocycles. The zero-order chi connectivity index (χ0) is 40.1. The van der Waals surface area contributed by atoms with Gasteiger partial charge in [-0.05, 0) is 24.5 Å². The molecule has 53 heavy (non-hydrogen) atoms. The van der Waals surface area contributed by atoms with Gasteiger partial charge < -0.3 is 52.7 Å². The molecule has 8 amide bonds. The molecule has 1 aromatic rings. The van der Waals surface area contributed by atoms with Gasteiger partial charge in [-0.15, -0.1) is 0 Å². The number of carboxylic acid groups (broad SMARTS) is 2. The lowest BCUT2D eigenvalue weighted by Gasteiger charge is -2.24. The first-order valence-electron chi connectivity index (χ1n) is 16.3. The minimum atomic E-state index is -1.57. The number of nitrogens with one attached hydrogen (secondary N) is 6. The van der Waals surface area contributed by atoms with Gasteiger partial charge in [0, 0.05) is 26.3 Å². The van der Waals surface area contributed by atoms with Crippen molar-refractivity contribution < 1.29 is 62.5 Å². The van der Waals surface area contributed by atoms with Gasteiger partial charge in [0.25, 0.3) is 0 Å². The van der Waals surface area contributed by atoms with Crippen LogP contribution in [0.2, 0.25) is 0 Å². The van der Waals surface area contributed by atoms with Crippen LogP contribution in [0.4, 0.5) is 4.39 Å². The molecule has 0 aliphatic heterocycles. The van der Waals surface area contributed by atoms with Crippen LogP contribution in [0.3, 0.4) is 0 Å². The van der Waals surface area contributed by atoms with Gasteiger partial charge in [-0.1, -0.05) is 31.5 Å². The molecule has 20 nitrogen and oxygen atoms in total. The van der Waals surface area contributed by atoms with Crippen LogP contribution >= 0.6 is 0 Å². The van der Waals surface area contributed by atoms with E-state index in [1.54, 1.807) is 0 Å². The molecule has 0 aliphatic carbocycles. The summed E-state index contributed by atoms with van der Waals surface area (Å²) in [7, 11) is 1.25. The van der Waals surface area contributed by atoms with Crippen LogP contribution in [0.5, 0.6) is 0 Å². The summed E-state index contributed by atoms with van der Waals surface area (Å²) in [6.45, 7) is -0.837. The molecule has 0 saturated heterocycles. The highest BCUT2D eigenvalue weighted by molar-refractivity contribution is 5.95. The molecule has 10 N–H and O–H groups in total. The Morgan fingerprint density at radius 2 is 1.30 bits per heavy atom. The van der Waals surface area contributed by atoms with Crippen molar-refractivity contribution in [3.63, 3.8) is 0 Å². The molecule has 0 aliphatic rings. The number of aliphatic carboxylic acids is 2. The highest BCUT2D eigenvalue weighted by Crippen LogP contribution is 2.10. The van der Waals surface area contributed by atoms with Crippen LogP contribution in [-0.2, 0) is 54.4 Å². The summed E-state index contributed by atoms with van der Waals surface area (Å²) in [4.78, 5) is 122. The smallest absolute Gasteiger partial charge is 0.305 e. The van der Waals surface area contributed by atoms with Gasteiger partial charge in [0.05, 0.1) is 32.6 Å². The summed E-state index contributed by atoms with van der Waals surface area (Å²) in [5.41, 5.74) is 5.09. The van der Waals surface area contributed by atoms with E-state index >= 15 is 0 Å². The van der Waals surface area contributed by atoms with Crippen molar-refractivity contribution in [1.29, 1.82) is 0 Å². The summed E-state index contributed by atoms with van der Waals surface area (Å²) in [6, 6.07) is 1.06. The lowest BCUT2D eigenvalue weighted by Crippen LogP contribution is -2.54. The average molecular weight is 753 g/mol. The SMILES string of the molecule is CCCCC(=O)N[C@@H](CCC(=O)O)C(=O)N(C)CC(=O)NCC(=O)NCC(=O)NC(Cc1ccccc1F)C(=O)NCC(=O)N[C@@H](CC(=O)O)C(N)=O. The van der Waals surface area contributed by atoms with Crippen molar-refractivity contribution in [3.05, 3.63) is 35.6 Å². The minimum Gasteiger partial charge on any atom is -0.481 e. The minimum absolute atomic E-state index is 0.00919. The summed E-state index contributed by atoms with van der Waals surface area (Å²) < 4.78 is 14.4. The number of nitrogens with zero attached hydrogens (tertiary/aromatic N) is 1. The van der Waals surface area contributed by atoms with Gasteiger partial charge >= 0.3 is 11.9 Å². The Hall–Kier alpha value is -6.15. The normalized spacial score (nSPS) is 12.1. The number of carbonyl (C=O) groups excluding carboxylic acids is 8. The second-order valence-electron chi connectivity index (χ2n) is 11.7. The monoisotopic (exact) mass is 752 g/mol. The standard InChI is InChI=1S/C32H45FN8O12/c1-3-4-9-23(42)38-20(10-11-28(47)48)32(53)41(2)17-27(46)36-14-24(43)35-15-25(44)40-22(12-18-7-5-6-8-19(18)33)31(52)37-16-26(45)39-21(30(34)51)13-29(49)50/h5-8,20-22H,3-4,9-17H2,1-2H3,(H2,34,51)(H,35,43)(H,36,46)(H,37,52)(H,38,42)(H,39,45)(H,40,44)(H,47,48)(H,49,50)/t20-,21-,22?/m0/s1. The summed E-state index contributed by atoms with van der Waals surface area (Å²) in [5, 5.41) is 31.3. The predicted octanol–water partition coefficient (Wildman–Crippen LogP) is -3.36. The molecule has 0 fully saturated rings. The highest BCUT2D eigenvalue weighted by Gasteiger charge is 2.27. The van der Waals surface area contributed by atoms with E-state index < -0.39 is 129 Å². The average Bonchev–Trinajstić information content (AvgIpc) is 3.09. The van der Waals surface area contributed by atoms with Crippen LogP contribution < -0.4 is 37.6 Å². The molecule has 292 valence electrons. The number of hydrogen-bond donors (Lipinski definition) is 9. The third-order valence-corrected chi connectivity index (χ3v) is 7.20. The zero-order valence-corrected chi connectivity index (χ0v) is 29.2. The maximum atomic E-state index is 14.4. The lowest BCUT2D eigenvalue weighted by atomic mass is 10.0. The van der Waals surface area contributed by atoms with E-state index in [-0.39, 0.29) is 18.4 Å². The number of carbonyl (C=O) groups is 10. The molecule has 0 spiro atoms. The number of unbranched alkanes of at least 4 members (excludes halogenated alkanes) is 1. The van der Waals surface area contributed by atoms with Crippen LogP contribution in [0, 0.1) is 5.82 Å². The molecule has 0 saturated carbocycles. The largest absolute Gasteiger partial charge is 0.481 e. The number of hydrogen-bond acceptors (Lipinski definition) is 10. The number of carboxylic acids is 2.